The summed E-state index contributed by atoms with van der Waals surface area (Å²) in [5, 5.41) is 23.5. The predicted octanol–water partition coefficient (Wildman–Crippen LogP) is 5.69. The molecule has 9 atom stereocenters. The van der Waals surface area contributed by atoms with Gasteiger partial charge >= 0.3 is 6.09 Å². The second-order valence-corrected chi connectivity index (χ2v) is 14.8. The molecule has 6 aliphatic carbocycles. The van der Waals surface area contributed by atoms with Gasteiger partial charge in [0.1, 0.15) is 0 Å². The lowest BCUT2D eigenvalue weighted by atomic mass is 9.32. The van der Waals surface area contributed by atoms with Crippen molar-refractivity contribution in [2.24, 2.45) is 33.5 Å². The third-order valence-electron chi connectivity index (χ3n) is 13.1. The summed E-state index contributed by atoms with van der Waals surface area (Å²) in [6, 6.07) is 3.49. The number of Topliss-reactive ketones (excluding diaryl/α,β-unsaturated/α-hetero) is 1. The number of hydrogen-bond donors (Lipinski definition) is 2. The van der Waals surface area contributed by atoms with Crippen LogP contribution in [0.15, 0.2) is 46.6 Å². The van der Waals surface area contributed by atoms with Gasteiger partial charge in [-0.15, -0.1) is 0 Å². The summed E-state index contributed by atoms with van der Waals surface area (Å²) in [6.07, 6.45) is 14.6. The minimum atomic E-state index is -1.15. The molecular formula is C35H47NO7. The maximum atomic E-state index is 14.3. The number of furan rings is 1. The molecule has 1 unspecified atom stereocenters. The third kappa shape index (κ3) is 3.98. The van der Waals surface area contributed by atoms with Gasteiger partial charge in [0, 0.05) is 28.4 Å². The lowest BCUT2D eigenvalue weighted by Crippen LogP contribution is -2.67. The predicted molar refractivity (Wildman–Crippen MR) is 159 cm³/mol. The summed E-state index contributed by atoms with van der Waals surface area (Å²) in [5.74, 6) is 0.441. The molecule has 0 radical (unpaired) electrons. The van der Waals surface area contributed by atoms with E-state index in [-0.39, 0.29) is 47.7 Å². The van der Waals surface area contributed by atoms with Crippen LogP contribution in [0.1, 0.15) is 89.1 Å². The molecule has 7 aliphatic rings. The van der Waals surface area contributed by atoms with E-state index in [2.05, 4.69) is 32.1 Å². The maximum absolute atomic E-state index is 14.3. The van der Waals surface area contributed by atoms with E-state index in [1.165, 1.54) is 0 Å². The number of nitrogens with zero attached hydrogens (tertiary/aromatic N) is 1. The van der Waals surface area contributed by atoms with Gasteiger partial charge in [0.2, 0.25) is 5.78 Å². The van der Waals surface area contributed by atoms with E-state index in [9.17, 15) is 19.8 Å². The molecule has 8 heteroatoms. The SMILES string of the molecule is CCOC(=O)N(C[C@H]1CCCO1)C[C@]1(O)CC[C@H]2[C@]34C=C[C@@]5(C=C3C(=O)c3ccco3)CC(O)CC[C@]5(C)[C@H]4CC[C@@]21C. The summed E-state index contributed by atoms with van der Waals surface area (Å²) in [4.78, 5) is 29.2. The largest absolute Gasteiger partial charge is 0.461 e. The van der Waals surface area contributed by atoms with Gasteiger partial charge in [-0.3, -0.25) is 4.79 Å². The highest BCUT2D eigenvalue weighted by Crippen LogP contribution is 2.78. The third-order valence-corrected chi connectivity index (χ3v) is 13.1. The van der Waals surface area contributed by atoms with E-state index >= 15 is 0 Å². The van der Waals surface area contributed by atoms with Crippen LogP contribution in [0.3, 0.4) is 0 Å². The fourth-order valence-electron chi connectivity index (χ4n) is 10.9. The Bertz CT molecular complexity index is 1330. The highest BCUT2D eigenvalue weighted by molar-refractivity contribution is 6.08. The van der Waals surface area contributed by atoms with Crippen molar-refractivity contribution in [1.82, 2.24) is 4.90 Å². The number of rotatable bonds is 7. The van der Waals surface area contributed by atoms with Gasteiger partial charge in [0.15, 0.2) is 5.76 Å². The average molecular weight is 594 g/mol. The van der Waals surface area contributed by atoms with Gasteiger partial charge in [-0.2, -0.15) is 0 Å². The molecule has 1 aromatic rings. The molecule has 1 amide bonds. The van der Waals surface area contributed by atoms with Crippen molar-refractivity contribution in [3.63, 3.8) is 0 Å². The number of ketones is 1. The summed E-state index contributed by atoms with van der Waals surface area (Å²) < 4.78 is 17.0. The van der Waals surface area contributed by atoms with Crippen LogP contribution < -0.4 is 0 Å². The highest BCUT2D eigenvalue weighted by atomic mass is 16.6. The van der Waals surface area contributed by atoms with Crippen molar-refractivity contribution in [1.29, 1.82) is 0 Å². The highest BCUT2D eigenvalue weighted by Gasteiger charge is 2.74. The number of amides is 1. The molecule has 1 aromatic heterocycles. The van der Waals surface area contributed by atoms with Crippen molar-refractivity contribution in [3.8, 4) is 0 Å². The average Bonchev–Trinajstić information content (AvgIpc) is 3.75. The zero-order valence-electron chi connectivity index (χ0n) is 25.8. The number of aliphatic hydroxyl groups excluding tert-OH is 1. The summed E-state index contributed by atoms with van der Waals surface area (Å²) >= 11 is 0. The molecule has 8 rings (SSSR count). The second kappa shape index (κ2) is 10.0. The number of carbonyl (C=O) groups is 2. The second-order valence-electron chi connectivity index (χ2n) is 14.8. The number of hydrogen-bond acceptors (Lipinski definition) is 7. The quantitative estimate of drug-likeness (QED) is 0.309. The molecule has 2 heterocycles. The zero-order chi connectivity index (χ0) is 30.3. The van der Waals surface area contributed by atoms with Gasteiger partial charge in [-0.1, -0.05) is 32.1 Å². The molecule has 1 saturated heterocycles. The molecule has 0 aromatic carbocycles. The van der Waals surface area contributed by atoms with E-state index in [0.29, 0.717) is 31.8 Å². The first kappa shape index (κ1) is 29.3. The van der Waals surface area contributed by atoms with Gasteiger partial charge in [0.05, 0.1) is 43.8 Å². The minimum Gasteiger partial charge on any atom is -0.461 e. The Morgan fingerprint density at radius 2 is 1.84 bits per heavy atom. The van der Waals surface area contributed by atoms with Crippen LogP contribution >= 0.6 is 0 Å². The van der Waals surface area contributed by atoms with Gasteiger partial charge < -0.3 is 29.0 Å². The first-order valence-electron chi connectivity index (χ1n) is 16.5. The number of carbonyl (C=O) groups excluding carboxylic acids is 2. The summed E-state index contributed by atoms with van der Waals surface area (Å²) in [6.45, 7) is 7.92. The van der Waals surface area contributed by atoms with E-state index in [1.54, 1.807) is 30.2 Å². The van der Waals surface area contributed by atoms with Crippen molar-refractivity contribution in [2.45, 2.75) is 96.4 Å². The van der Waals surface area contributed by atoms with Crippen molar-refractivity contribution in [2.75, 3.05) is 26.3 Å². The van der Waals surface area contributed by atoms with Gasteiger partial charge in [-0.25, -0.2) is 4.79 Å². The topological polar surface area (TPSA) is 109 Å². The first-order valence-corrected chi connectivity index (χ1v) is 16.5. The standard InChI is InChI=1S/C35H47NO7/c1-4-41-30(39)36(21-24-7-5-17-42-24)22-34(40)14-11-28-32(34,3)13-10-27-31(2)12-9-23(37)19-33(31)15-16-35(27,28)25(20-33)29(38)26-8-6-18-43-26/h6,8,15-16,18,20,23-24,27-28,37,40H,4-5,7,9-14,17,19,21-22H2,1-3H3/t23?,24-,27-,28-,31-,32+,33+,34-,35-/m1/s1. The normalized spacial score (nSPS) is 44.3. The van der Waals surface area contributed by atoms with Crippen LogP contribution in [0.25, 0.3) is 0 Å². The monoisotopic (exact) mass is 593 g/mol. The van der Waals surface area contributed by atoms with Crippen molar-refractivity contribution < 1.29 is 33.7 Å². The van der Waals surface area contributed by atoms with Crippen LogP contribution in [0, 0.1) is 33.5 Å². The van der Waals surface area contributed by atoms with E-state index < -0.39 is 28.6 Å². The Kier molecular flexibility index (Phi) is 6.84. The summed E-state index contributed by atoms with van der Waals surface area (Å²) in [7, 11) is 0. The number of aliphatic hydroxyl groups is 2. The van der Waals surface area contributed by atoms with Gasteiger partial charge in [-0.05, 0) is 94.1 Å². The zero-order valence-corrected chi connectivity index (χ0v) is 25.8. The maximum Gasteiger partial charge on any atom is 0.409 e. The first-order chi connectivity index (χ1) is 20.5. The van der Waals surface area contributed by atoms with Crippen LogP contribution in [0.4, 0.5) is 4.79 Å². The molecule has 1 aliphatic heterocycles. The smallest absolute Gasteiger partial charge is 0.409 e. The molecule has 234 valence electrons. The molecule has 2 N–H and O–H groups in total. The number of allylic oxidation sites excluding steroid dienone is 4. The van der Waals surface area contributed by atoms with E-state index in [0.717, 1.165) is 50.5 Å². The van der Waals surface area contributed by atoms with Crippen LogP contribution in [-0.4, -0.2) is 71.1 Å². The number of fused-ring (bicyclic) bond motifs is 1. The lowest BCUT2D eigenvalue weighted by Gasteiger charge is -2.71. The minimum absolute atomic E-state index is 0.00101. The fourth-order valence-corrected chi connectivity index (χ4v) is 10.9. The molecule has 4 fully saturated rings. The van der Waals surface area contributed by atoms with E-state index in [4.69, 9.17) is 13.9 Å². The molecule has 8 nitrogen and oxygen atoms in total. The fraction of sp³-hybridized carbons (Fsp3) is 0.714. The van der Waals surface area contributed by atoms with Crippen molar-refractivity contribution >= 4 is 11.9 Å². The van der Waals surface area contributed by atoms with E-state index in [1.807, 2.05) is 0 Å². The Balaban J connectivity index is 1.30. The van der Waals surface area contributed by atoms with Gasteiger partial charge in [0.25, 0.3) is 0 Å². The van der Waals surface area contributed by atoms with Crippen molar-refractivity contribution in [3.05, 3.63) is 48.0 Å². The van der Waals surface area contributed by atoms with Crippen LogP contribution in [-0.2, 0) is 9.47 Å². The Hall–Kier alpha value is -2.42. The molecule has 3 saturated carbocycles. The molecule has 43 heavy (non-hydrogen) atoms. The molecule has 2 bridgehead atoms. The Morgan fingerprint density at radius 1 is 1.07 bits per heavy atom. The Labute approximate surface area is 254 Å². The molecule has 2 spiro atoms. The lowest BCUT2D eigenvalue weighted by molar-refractivity contribution is -0.175. The summed E-state index contributed by atoms with van der Waals surface area (Å²) in [5.41, 5.74) is -1.98. The molecular weight excluding hydrogens is 546 g/mol. The number of ether oxygens (including phenoxy) is 2. The Morgan fingerprint density at radius 3 is 2.56 bits per heavy atom. The van der Waals surface area contributed by atoms with Crippen LogP contribution in [0.5, 0.6) is 0 Å². The van der Waals surface area contributed by atoms with Crippen LogP contribution in [0.2, 0.25) is 0 Å².